The molecule has 1 aromatic rings. The van der Waals surface area contributed by atoms with Gasteiger partial charge in [0.1, 0.15) is 0 Å². The van der Waals surface area contributed by atoms with Crippen LogP contribution in [0.15, 0.2) is 18.2 Å². The summed E-state index contributed by atoms with van der Waals surface area (Å²) in [6.45, 7) is 3.70. The number of rotatable bonds is 5. The van der Waals surface area contributed by atoms with Crippen LogP contribution >= 0.6 is 27.5 Å². The van der Waals surface area contributed by atoms with Gasteiger partial charge in [-0.3, -0.25) is 0 Å². The van der Waals surface area contributed by atoms with E-state index in [0.717, 1.165) is 34.7 Å². The van der Waals surface area contributed by atoms with Crippen molar-refractivity contribution in [3.8, 4) is 6.07 Å². The molecule has 2 nitrogen and oxygen atoms in total. The monoisotopic (exact) mass is 300 g/mol. The zero-order valence-electron chi connectivity index (χ0n) is 9.21. The fraction of sp³-hybridized carbons (Fsp3) is 0.417. The number of nitriles is 1. The van der Waals surface area contributed by atoms with Crippen LogP contribution < -0.4 is 4.90 Å². The average molecular weight is 302 g/mol. The van der Waals surface area contributed by atoms with E-state index in [2.05, 4.69) is 33.8 Å². The number of benzene rings is 1. The number of anilines is 1. The molecule has 0 amide bonds. The van der Waals surface area contributed by atoms with Gasteiger partial charge in [-0.1, -0.05) is 33.6 Å². The zero-order chi connectivity index (χ0) is 12.0. The van der Waals surface area contributed by atoms with Crippen molar-refractivity contribution in [1.29, 1.82) is 5.26 Å². The van der Waals surface area contributed by atoms with Crippen LogP contribution in [0.4, 0.5) is 5.69 Å². The Morgan fingerprint density at radius 3 is 2.81 bits per heavy atom. The average Bonchev–Trinajstić information content (AvgIpc) is 2.30. The van der Waals surface area contributed by atoms with Crippen LogP contribution in [-0.2, 0) is 5.33 Å². The van der Waals surface area contributed by atoms with E-state index < -0.39 is 0 Å². The van der Waals surface area contributed by atoms with Crippen LogP contribution in [0.2, 0.25) is 5.02 Å². The molecule has 0 bridgehead atoms. The lowest BCUT2D eigenvalue weighted by Gasteiger charge is -2.24. The molecular formula is C12H14BrClN2. The second-order valence-electron chi connectivity index (χ2n) is 3.36. The molecular weight excluding hydrogens is 288 g/mol. The quantitative estimate of drug-likeness (QED) is 0.769. The van der Waals surface area contributed by atoms with Crippen molar-refractivity contribution in [2.45, 2.75) is 18.7 Å². The van der Waals surface area contributed by atoms with E-state index in [1.165, 1.54) is 0 Å². The normalized spacial score (nSPS) is 9.88. The Bertz CT molecular complexity index is 387. The molecule has 0 spiro atoms. The standard InChI is InChI=1S/C12H14BrClN2/c1-2-16(8-4-7-15)12-6-3-5-11(14)10(12)9-13/h3,5-6H,2,4,8-9H2,1H3. The van der Waals surface area contributed by atoms with Crippen molar-refractivity contribution in [3.05, 3.63) is 28.8 Å². The first-order valence-electron chi connectivity index (χ1n) is 5.19. The Hall–Kier alpha value is -0.720. The van der Waals surface area contributed by atoms with Gasteiger partial charge in [0.25, 0.3) is 0 Å². The fourth-order valence-corrected chi connectivity index (χ4v) is 2.60. The first-order valence-corrected chi connectivity index (χ1v) is 6.69. The second-order valence-corrected chi connectivity index (χ2v) is 4.33. The highest BCUT2D eigenvalue weighted by Crippen LogP contribution is 2.29. The highest BCUT2D eigenvalue weighted by atomic mass is 79.9. The lowest BCUT2D eigenvalue weighted by molar-refractivity contribution is 0.823. The van der Waals surface area contributed by atoms with Gasteiger partial charge in [-0.15, -0.1) is 0 Å². The first kappa shape index (κ1) is 13.3. The molecule has 0 heterocycles. The van der Waals surface area contributed by atoms with E-state index >= 15 is 0 Å². The Morgan fingerprint density at radius 1 is 1.50 bits per heavy atom. The molecule has 0 aromatic heterocycles. The number of hydrogen-bond acceptors (Lipinski definition) is 2. The van der Waals surface area contributed by atoms with E-state index in [0.29, 0.717) is 6.42 Å². The molecule has 0 unspecified atom stereocenters. The zero-order valence-corrected chi connectivity index (χ0v) is 11.6. The molecule has 0 fully saturated rings. The Kier molecular flexibility index (Phi) is 5.65. The van der Waals surface area contributed by atoms with Crippen molar-refractivity contribution < 1.29 is 0 Å². The van der Waals surface area contributed by atoms with Crippen LogP contribution in [-0.4, -0.2) is 13.1 Å². The summed E-state index contributed by atoms with van der Waals surface area (Å²) in [6, 6.07) is 8.04. The lowest BCUT2D eigenvalue weighted by atomic mass is 10.1. The lowest BCUT2D eigenvalue weighted by Crippen LogP contribution is -2.24. The minimum atomic E-state index is 0.530. The first-order chi connectivity index (χ1) is 7.74. The maximum absolute atomic E-state index is 8.63. The van der Waals surface area contributed by atoms with Gasteiger partial charge < -0.3 is 4.90 Å². The summed E-state index contributed by atoms with van der Waals surface area (Å²) < 4.78 is 0. The summed E-state index contributed by atoms with van der Waals surface area (Å²) in [4.78, 5) is 2.17. The van der Waals surface area contributed by atoms with Crippen LogP contribution in [0, 0.1) is 11.3 Å². The van der Waals surface area contributed by atoms with Gasteiger partial charge in [0.2, 0.25) is 0 Å². The minimum Gasteiger partial charge on any atom is -0.370 e. The molecule has 0 atom stereocenters. The van der Waals surface area contributed by atoms with Crippen molar-refractivity contribution in [3.63, 3.8) is 0 Å². The van der Waals surface area contributed by atoms with Gasteiger partial charge in [-0.2, -0.15) is 5.26 Å². The van der Waals surface area contributed by atoms with Crippen molar-refractivity contribution in [2.75, 3.05) is 18.0 Å². The van der Waals surface area contributed by atoms with Gasteiger partial charge in [0.05, 0.1) is 12.5 Å². The van der Waals surface area contributed by atoms with E-state index in [-0.39, 0.29) is 0 Å². The highest BCUT2D eigenvalue weighted by Gasteiger charge is 2.11. The molecule has 0 radical (unpaired) electrons. The Labute approximate surface area is 110 Å². The fourth-order valence-electron chi connectivity index (χ4n) is 1.61. The van der Waals surface area contributed by atoms with Gasteiger partial charge in [0, 0.05) is 34.7 Å². The summed E-state index contributed by atoms with van der Waals surface area (Å²) in [5, 5.41) is 10.1. The van der Waals surface area contributed by atoms with Crippen molar-refractivity contribution in [1.82, 2.24) is 0 Å². The predicted octanol–water partition coefficient (Wildman–Crippen LogP) is 3.97. The maximum Gasteiger partial charge on any atom is 0.0640 e. The summed E-state index contributed by atoms with van der Waals surface area (Å²) in [6.07, 6.45) is 0.530. The highest BCUT2D eigenvalue weighted by molar-refractivity contribution is 9.08. The maximum atomic E-state index is 8.63. The summed E-state index contributed by atoms with van der Waals surface area (Å²) in [5.74, 6) is 0. The van der Waals surface area contributed by atoms with Gasteiger partial charge >= 0.3 is 0 Å². The van der Waals surface area contributed by atoms with Gasteiger partial charge in [-0.05, 0) is 19.1 Å². The molecule has 0 aliphatic rings. The van der Waals surface area contributed by atoms with Crippen molar-refractivity contribution >= 4 is 33.2 Å². The molecule has 4 heteroatoms. The third-order valence-electron chi connectivity index (χ3n) is 2.44. The number of alkyl halides is 1. The Balaban J connectivity index is 3.00. The molecule has 0 saturated carbocycles. The third-order valence-corrected chi connectivity index (χ3v) is 3.36. The molecule has 1 aromatic carbocycles. The van der Waals surface area contributed by atoms with E-state index in [1.54, 1.807) is 0 Å². The molecule has 0 saturated heterocycles. The number of nitrogens with zero attached hydrogens (tertiary/aromatic N) is 2. The molecule has 86 valence electrons. The summed E-state index contributed by atoms with van der Waals surface area (Å²) in [5.41, 5.74) is 2.20. The van der Waals surface area contributed by atoms with E-state index in [9.17, 15) is 0 Å². The van der Waals surface area contributed by atoms with Crippen LogP contribution in [0.5, 0.6) is 0 Å². The largest absolute Gasteiger partial charge is 0.370 e. The minimum absolute atomic E-state index is 0.530. The topological polar surface area (TPSA) is 27.0 Å². The van der Waals surface area contributed by atoms with Gasteiger partial charge in [-0.25, -0.2) is 0 Å². The molecule has 0 aliphatic heterocycles. The molecule has 16 heavy (non-hydrogen) atoms. The predicted molar refractivity (Wildman–Crippen MR) is 72.2 cm³/mol. The summed E-state index contributed by atoms with van der Waals surface area (Å²) >= 11 is 9.59. The number of hydrogen-bond donors (Lipinski definition) is 0. The second kappa shape index (κ2) is 6.78. The van der Waals surface area contributed by atoms with E-state index in [4.69, 9.17) is 16.9 Å². The Morgan fingerprint density at radius 2 is 2.25 bits per heavy atom. The number of halogens is 2. The van der Waals surface area contributed by atoms with Crippen LogP contribution in [0.1, 0.15) is 18.9 Å². The molecule has 0 N–H and O–H groups in total. The third kappa shape index (κ3) is 3.13. The van der Waals surface area contributed by atoms with Crippen LogP contribution in [0.25, 0.3) is 0 Å². The van der Waals surface area contributed by atoms with Gasteiger partial charge in [0.15, 0.2) is 0 Å². The molecule has 1 rings (SSSR count). The van der Waals surface area contributed by atoms with E-state index in [1.807, 2.05) is 18.2 Å². The molecule has 0 aliphatic carbocycles. The van der Waals surface area contributed by atoms with Crippen molar-refractivity contribution in [2.24, 2.45) is 0 Å². The smallest absolute Gasteiger partial charge is 0.0640 e. The summed E-state index contributed by atoms with van der Waals surface area (Å²) in [7, 11) is 0. The SMILES string of the molecule is CCN(CCC#N)c1cccc(Cl)c1CBr. The van der Waals surface area contributed by atoms with Crippen LogP contribution in [0.3, 0.4) is 0 Å².